The van der Waals surface area contributed by atoms with Crippen LogP contribution >= 0.6 is 0 Å². The van der Waals surface area contributed by atoms with Crippen LogP contribution < -0.4 is 0 Å². The molecule has 1 saturated heterocycles. The second kappa shape index (κ2) is 7.55. The largest absolute Gasteiger partial charge is 0.388 e. The van der Waals surface area contributed by atoms with E-state index in [1.54, 1.807) is 12.1 Å². The van der Waals surface area contributed by atoms with Crippen LogP contribution in [0.4, 0.5) is 5.69 Å². The Labute approximate surface area is 141 Å². The van der Waals surface area contributed by atoms with E-state index in [2.05, 4.69) is 4.90 Å². The van der Waals surface area contributed by atoms with Gasteiger partial charge in [0.15, 0.2) is 0 Å². The van der Waals surface area contributed by atoms with Crippen molar-refractivity contribution in [2.45, 2.75) is 25.5 Å². The first-order valence-corrected chi connectivity index (χ1v) is 8.32. The summed E-state index contributed by atoms with van der Waals surface area (Å²) in [7, 11) is 0. The number of nitro groups is 1. The molecule has 126 valence electrons. The molecule has 0 bridgehead atoms. The van der Waals surface area contributed by atoms with Crippen molar-refractivity contribution < 1.29 is 10.0 Å². The number of rotatable bonds is 5. The van der Waals surface area contributed by atoms with Crippen LogP contribution in [0, 0.1) is 16.0 Å². The predicted octanol–water partition coefficient (Wildman–Crippen LogP) is 3.54. The zero-order valence-corrected chi connectivity index (χ0v) is 13.5. The lowest BCUT2D eigenvalue weighted by molar-refractivity contribution is -0.384. The van der Waals surface area contributed by atoms with Crippen molar-refractivity contribution >= 4 is 5.69 Å². The van der Waals surface area contributed by atoms with Crippen LogP contribution in [-0.2, 0) is 6.54 Å². The molecule has 0 radical (unpaired) electrons. The molecule has 5 nitrogen and oxygen atoms in total. The number of likely N-dealkylation sites (tertiary alicyclic amines) is 1. The highest BCUT2D eigenvalue weighted by molar-refractivity contribution is 5.32. The number of hydrogen-bond donors (Lipinski definition) is 1. The van der Waals surface area contributed by atoms with Gasteiger partial charge in [-0.05, 0) is 43.0 Å². The molecule has 1 atom stereocenters. The molecule has 0 aromatic heterocycles. The Morgan fingerprint density at radius 1 is 1.08 bits per heavy atom. The minimum absolute atomic E-state index is 0.128. The van der Waals surface area contributed by atoms with Crippen molar-refractivity contribution in [2.24, 2.45) is 5.92 Å². The summed E-state index contributed by atoms with van der Waals surface area (Å²) >= 11 is 0. The second-order valence-corrected chi connectivity index (χ2v) is 6.39. The fraction of sp³-hybridized carbons (Fsp3) is 0.368. The molecule has 3 rings (SSSR count). The molecular formula is C19H22N2O3. The predicted molar refractivity (Wildman–Crippen MR) is 92.5 cm³/mol. The maximum absolute atomic E-state index is 10.7. The molecule has 24 heavy (non-hydrogen) atoms. The summed E-state index contributed by atoms with van der Waals surface area (Å²) < 4.78 is 0. The monoisotopic (exact) mass is 326 g/mol. The highest BCUT2D eigenvalue weighted by Crippen LogP contribution is 2.31. The molecule has 1 heterocycles. The Morgan fingerprint density at radius 3 is 2.29 bits per heavy atom. The molecule has 1 aliphatic heterocycles. The van der Waals surface area contributed by atoms with Gasteiger partial charge in [0.1, 0.15) is 0 Å². The normalized spacial score (nSPS) is 17.5. The van der Waals surface area contributed by atoms with Crippen LogP contribution in [0.15, 0.2) is 54.6 Å². The third-order valence-electron chi connectivity index (χ3n) is 4.77. The highest BCUT2D eigenvalue weighted by Gasteiger charge is 2.26. The third-order valence-corrected chi connectivity index (χ3v) is 4.77. The summed E-state index contributed by atoms with van der Waals surface area (Å²) in [6.07, 6.45) is 1.53. The summed E-state index contributed by atoms with van der Waals surface area (Å²) in [6.45, 7) is 2.67. The first-order valence-electron chi connectivity index (χ1n) is 8.32. The maximum atomic E-state index is 10.7. The van der Waals surface area contributed by atoms with E-state index in [1.165, 1.54) is 0 Å². The van der Waals surface area contributed by atoms with E-state index in [1.807, 2.05) is 42.5 Å². The van der Waals surface area contributed by atoms with E-state index < -0.39 is 6.10 Å². The summed E-state index contributed by atoms with van der Waals surface area (Å²) in [5.41, 5.74) is 2.21. The Hall–Kier alpha value is -2.24. The minimum Gasteiger partial charge on any atom is -0.388 e. The van der Waals surface area contributed by atoms with E-state index >= 15 is 0 Å². The number of hydrogen-bond acceptors (Lipinski definition) is 4. The van der Waals surface area contributed by atoms with E-state index in [-0.39, 0.29) is 10.6 Å². The van der Waals surface area contributed by atoms with Gasteiger partial charge in [-0.2, -0.15) is 0 Å². The molecule has 1 fully saturated rings. The van der Waals surface area contributed by atoms with Crippen LogP contribution in [0.5, 0.6) is 0 Å². The lowest BCUT2D eigenvalue weighted by atomic mass is 9.87. The Bertz CT molecular complexity index is 665. The number of aliphatic hydroxyl groups is 1. The molecule has 1 unspecified atom stereocenters. The molecule has 0 amide bonds. The van der Waals surface area contributed by atoms with Gasteiger partial charge in [-0.25, -0.2) is 0 Å². The first-order chi connectivity index (χ1) is 11.6. The molecular weight excluding hydrogens is 304 g/mol. The van der Waals surface area contributed by atoms with Crippen LogP contribution in [0.25, 0.3) is 0 Å². The van der Waals surface area contributed by atoms with E-state index in [4.69, 9.17) is 0 Å². The summed E-state index contributed by atoms with van der Waals surface area (Å²) in [5.74, 6) is 0.292. The van der Waals surface area contributed by atoms with Gasteiger partial charge in [-0.1, -0.05) is 42.5 Å². The van der Waals surface area contributed by atoms with Crippen molar-refractivity contribution in [1.29, 1.82) is 0 Å². The summed E-state index contributed by atoms with van der Waals surface area (Å²) in [5, 5.41) is 21.2. The second-order valence-electron chi connectivity index (χ2n) is 6.39. The minimum atomic E-state index is -0.396. The highest BCUT2D eigenvalue weighted by atomic mass is 16.6. The van der Waals surface area contributed by atoms with Gasteiger partial charge in [0.2, 0.25) is 0 Å². The lowest BCUT2D eigenvalue weighted by Crippen LogP contribution is -2.35. The summed E-state index contributed by atoms with van der Waals surface area (Å²) in [6, 6.07) is 16.6. The van der Waals surface area contributed by atoms with Crippen LogP contribution in [0.2, 0.25) is 0 Å². The van der Waals surface area contributed by atoms with Gasteiger partial charge >= 0.3 is 0 Å². The fourth-order valence-electron chi connectivity index (χ4n) is 3.33. The van der Waals surface area contributed by atoms with Crippen LogP contribution in [0.3, 0.4) is 0 Å². The molecule has 0 saturated carbocycles. The zero-order chi connectivity index (χ0) is 16.9. The average molecular weight is 326 g/mol. The molecule has 2 aromatic carbocycles. The topological polar surface area (TPSA) is 66.6 Å². The molecule has 0 spiro atoms. The molecule has 1 aliphatic rings. The van der Waals surface area contributed by atoms with Crippen molar-refractivity contribution in [3.63, 3.8) is 0 Å². The molecule has 2 aromatic rings. The molecule has 0 aliphatic carbocycles. The first kappa shape index (κ1) is 16.6. The standard InChI is InChI=1S/C19H22N2O3/c22-19(16-4-2-1-3-5-16)17-10-12-20(13-11-17)14-15-6-8-18(9-7-15)21(23)24/h1-9,17,19,22H,10-14H2. The maximum Gasteiger partial charge on any atom is 0.269 e. The smallest absolute Gasteiger partial charge is 0.269 e. The van der Waals surface area contributed by atoms with Crippen molar-refractivity contribution in [1.82, 2.24) is 4.90 Å². The molecule has 5 heteroatoms. The van der Waals surface area contributed by atoms with Gasteiger partial charge in [0.05, 0.1) is 11.0 Å². The Kier molecular flexibility index (Phi) is 5.23. The molecule has 1 N–H and O–H groups in total. The van der Waals surface area contributed by atoms with Crippen molar-refractivity contribution in [3.05, 3.63) is 75.8 Å². The number of non-ortho nitro benzene ring substituents is 1. The number of nitro benzene ring substituents is 1. The number of aliphatic hydroxyl groups excluding tert-OH is 1. The Morgan fingerprint density at radius 2 is 1.71 bits per heavy atom. The van der Waals surface area contributed by atoms with E-state index in [9.17, 15) is 15.2 Å². The zero-order valence-electron chi connectivity index (χ0n) is 13.5. The van der Waals surface area contributed by atoms with E-state index in [0.717, 1.165) is 43.6 Å². The van der Waals surface area contributed by atoms with Gasteiger partial charge in [0, 0.05) is 18.7 Å². The summed E-state index contributed by atoms with van der Waals surface area (Å²) in [4.78, 5) is 12.7. The van der Waals surface area contributed by atoms with Crippen LogP contribution in [0.1, 0.15) is 30.1 Å². The van der Waals surface area contributed by atoms with Gasteiger partial charge in [-0.15, -0.1) is 0 Å². The fourth-order valence-corrected chi connectivity index (χ4v) is 3.33. The van der Waals surface area contributed by atoms with Gasteiger partial charge < -0.3 is 5.11 Å². The van der Waals surface area contributed by atoms with Crippen LogP contribution in [-0.4, -0.2) is 28.0 Å². The van der Waals surface area contributed by atoms with E-state index in [0.29, 0.717) is 5.92 Å². The van der Waals surface area contributed by atoms with Gasteiger partial charge in [0.25, 0.3) is 5.69 Å². The number of piperidine rings is 1. The third kappa shape index (κ3) is 3.99. The Balaban J connectivity index is 1.52. The van der Waals surface area contributed by atoms with Crippen molar-refractivity contribution in [2.75, 3.05) is 13.1 Å². The average Bonchev–Trinajstić information content (AvgIpc) is 2.63. The van der Waals surface area contributed by atoms with Gasteiger partial charge in [-0.3, -0.25) is 15.0 Å². The SMILES string of the molecule is O=[N+]([O-])c1ccc(CN2CCC(C(O)c3ccccc3)CC2)cc1. The van der Waals surface area contributed by atoms with Crippen molar-refractivity contribution in [3.8, 4) is 0 Å². The quantitative estimate of drug-likeness (QED) is 0.674. The number of nitrogens with zero attached hydrogens (tertiary/aromatic N) is 2. The number of benzene rings is 2. The lowest BCUT2D eigenvalue weighted by Gasteiger charge is -2.34.